The van der Waals surface area contributed by atoms with Crippen LogP contribution in [-0.2, 0) is 20.2 Å². The van der Waals surface area contributed by atoms with Gasteiger partial charge in [0.15, 0.2) is 0 Å². The van der Waals surface area contributed by atoms with E-state index < -0.39 is 25.3 Å². The summed E-state index contributed by atoms with van der Waals surface area (Å²) >= 11 is 0. The zero-order valence-electron chi connectivity index (χ0n) is 6.76. The molecule has 0 atom stereocenters. The Morgan fingerprint density at radius 1 is 1.00 bits per heavy atom. The van der Waals surface area contributed by atoms with Gasteiger partial charge >= 0.3 is 37.7 Å². The minimum atomic E-state index is -4.62. The molecule has 2 N–H and O–H groups in total. The fraction of sp³-hybridized carbons (Fsp3) is 1.00. The standard InChI is InChI=1S/CH4O6S2.Ca.2H/c2-8(3,4)1-9(5,6)7;;;/h1H2,(H,2,3,4)(H,5,6,7);;;/q;+2;2*-1. The Labute approximate surface area is 91.1 Å². The quantitative estimate of drug-likeness (QED) is 0.434. The first-order valence-corrected chi connectivity index (χ1v) is 4.83. The first-order chi connectivity index (χ1) is 3.71. The van der Waals surface area contributed by atoms with Crippen LogP contribution in [0.3, 0.4) is 0 Å². The minimum absolute atomic E-state index is 0. The van der Waals surface area contributed by atoms with Gasteiger partial charge in [-0.3, -0.25) is 9.11 Å². The summed E-state index contributed by atoms with van der Waals surface area (Å²) in [6.07, 6.45) is 0. The molecule has 0 saturated carbocycles. The minimum Gasteiger partial charge on any atom is -1.00 e. The molecule has 0 aliphatic rings. The van der Waals surface area contributed by atoms with Gasteiger partial charge < -0.3 is 2.85 Å². The van der Waals surface area contributed by atoms with E-state index in [4.69, 9.17) is 9.11 Å². The molecule has 0 aliphatic carbocycles. The summed E-state index contributed by atoms with van der Waals surface area (Å²) in [5.41, 5.74) is 0. The number of rotatable bonds is 2. The normalized spacial score (nSPS) is 12.2. The Morgan fingerprint density at radius 2 is 1.20 bits per heavy atom. The molecular weight excluding hydrogens is 212 g/mol. The molecule has 60 valence electrons. The van der Waals surface area contributed by atoms with Gasteiger partial charge in [-0.2, -0.15) is 16.8 Å². The van der Waals surface area contributed by atoms with E-state index in [9.17, 15) is 16.8 Å². The molecule has 0 unspecified atom stereocenters. The number of hydrogen-bond acceptors (Lipinski definition) is 4. The van der Waals surface area contributed by atoms with Gasteiger partial charge in [0.1, 0.15) is 0 Å². The van der Waals surface area contributed by atoms with E-state index in [0.29, 0.717) is 0 Å². The van der Waals surface area contributed by atoms with E-state index >= 15 is 0 Å². The number of hydrogen-bond donors (Lipinski definition) is 2. The SMILES string of the molecule is O=S(=O)(O)CS(=O)(=O)O.[Ca+2].[H-].[H-]. The third-order valence-electron chi connectivity index (χ3n) is 0.298. The van der Waals surface area contributed by atoms with Crippen molar-refractivity contribution in [2.45, 2.75) is 0 Å². The topological polar surface area (TPSA) is 109 Å². The van der Waals surface area contributed by atoms with Crippen LogP contribution in [0.2, 0.25) is 0 Å². The summed E-state index contributed by atoms with van der Waals surface area (Å²) in [7, 11) is -9.24. The second-order valence-electron chi connectivity index (χ2n) is 1.28. The first-order valence-electron chi connectivity index (χ1n) is 1.61. The molecular formula is CH6CaO6S2. The molecule has 0 aromatic carbocycles. The Balaban J connectivity index is -0.000000107. The molecule has 0 rings (SSSR count). The van der Waals surface area contributed by atoms with Gasteiger partial charge in [-0.1, -0.05) is 0 Å². The second-order valence-corrected chi connectivity index (χ2v) is 4.55. The van der Waals surface area contributed by atoms with Gasteiger partial charge in [-0.05, 0) is 0 Å². The molecule has 6 nitrogen and oxygen atoms in total. The average molecular weight is 218 g/mol. The van der Waals surface area contributed by atoms with E-state index in [-0.39, 0.29) is 40.6 Å². The van der Waals surface area contributed by atoms with Crippen LogP contribution >= 0.6 is 0 Å². The van der Waals surface area contributed by atoms with E-state index in [1.165, 1.54) is 0 Å². The Hall–Kier alpha value is 1.08. The molecule has 0 aromatic heterocycles. The molecule has 0 radical (unpaired) electrons. The molecule has 0 spiro atoms. The van der Waals surface area contributed by atoms with Crippen LogP contribution in [0.4, 0.5) is 0 Å². The molecule has 0 aliphatic heterocycles. The second kappa shape index (κ2) is 4.19. The van der Waals surface area contributed by atoms with E-state index in [2.05, 4.69) is 0 Å². The van der Waals surface area contributed by atoms with Crippen molar-refractivity contribution in [1.82, 2.24) is 0 Å². The maximum Gasteiger partial charge on any atom is 2.00 e. The van der Waals surface area contributed by atoms with Crippen molar-refractivity contribution >= 4 is 58.0 Å². The van der Waals surface area contributed by atoms with Crippen molar-refractivity contribution < 1.29 is 28.8 Å². The Morgan fingerprint density at radius 3 is 1.20 bits per heavy atom. The third-order valence-corrected chi connectivity index (χ3v) is 2.68. The van der Waals surface area contributed by atoms with Crippen LogP contribution in [0.1, 0.15) is 2.85 Å². The molecule has 0 bridgehead atoms. The van der Waals surface area contributed by atoms with E-state index in [1.807, 2.05) is 0 Å². The molecule has 10 heavy (non-hydrogen) atoms. The van der Waals surface area contributed by atoms with Gasteiger partial charge in [0.05, 0.1) is 0 Å². The van der Waals surface area contributed by atoms with E-state index in [0.717, 1.165) is 0 Å². The fourth-order valence-electron chi connectivity index (χ4n) is 0.188. The maximum absolute atomic E-state index is 9.66. The molecule has 0 fully saturated rings. The molecule has 9 heteroatoms. The Bertz CT molecular complexity index is 249. The first kappa shape index (κ1) is 13.7. The van der Waals surface area contributed by atoms with Gasteiger partial charge in [-0.25, -0.2) is 0 Å². The average Bonchev–Trinajstić information content (AvgIpc) is 1.14. The van der Waals surface area contributed by atoms with Crippen LogP contribution in [0, 0.1) is 0 Å². The predicted molar refractivity (Wildman–Crippen MR) is 35.9 cm³/mol. The smallest absolute Gasteiger partial charge is 1.00 e. The van der Waals surface area contributed by atoms with Crippen molar-refractivity contribution in [1.29, 1.82) is 0 Å². The van der Waals surface area contributed by atoms with Crippen LogP contribution in [-0.4, -0.2) is 68.8 Å². The summed E-state index contributed by atoms with van der Waals surface area (Å²) in [4.78, 5) is 0. The van der Waals surface area contributed by atoms with Gasteiger partial charge in [0, 0.05) is 0 Å². The molecule has 0 amide bonds. The van der Waals surface area contributed by atoms with Crippen LogP contribution in [0.15, 0.2) is 0 Å². The van der Waals surface area contributed by atoms with Crippen molar-refractivity contribution in [2.24, 2.45) is 0 Å². The van der Waals surface area contributed by atoms with Crippen LogP contribution < -0.4 is 0 Å². The Kier molecular flexibility index (Phi) is 5.72. The third kappa shape index (κ3) is 11.8. The van der Waals surface area contributed by atoms with Crippen molar-refractivity contribution in [2.75, 3.05) is 5.08 Å². The summed E-state index contributed by atoms with van der Waals surface area (Å²) in [6.45, 7) is 0. The fourth-order valence-corrected chi connectivity index (χ4v) is 1.69. The van der Waals surface area contributed by atoms with Crippen molar-refractivity contribution in [3.05, 3.63) is 0 Å². The molecule has 0 aromatic rings. The van der Waals surface area contributed by atoms with Crippen LogP contribution in [0.5, 0.6) is 0 Å². The summed E-state index contributed by atoms with van der Waals surface area (Å²) in [6, 6.07) is 0. The van der Waals surface area contributed by atoms with Gasteiger partial charge in [-0.15, -0.1) is 0 Å². The largest absolute Gasteiger partial charge is 2.00 e. The van der Waals surface area contributed by atoms with E-state index in [1.54, 1.807) is 0 Å². The van der Waals surface area contributed by atoms with Gasteiger partial charge in [0.25, 0.3) is 20.2 Å². The summed E-state index contributed by atoms with van der Waals surface area (Å²) < 4.78 is 54.2. The zero-order valence-corrected chi connectivity index (χ0v) is 8.60. The van der Waals surface area contributed by atoms with Crippen LogP contribution in [0.25, 0.3) is 0 Å². The van der Waals surface area contributed by atoms with Crippen molar-refractivity contribution in [3.8, 4) is 0 Å². The van der Waals surface area contributed by atoms with Gasteiger partial charge in [0.2, 0.25) is 5.08 Å². The predicted octanol–water partition coefficient (Wildman–Crippen LogP) is -1.44. The molecule has 0 saturated heterocycles. The van der Waals surface area contributed by atoms with Crippen molar-refractivity contribution in [3.63, 3.8) is 0 Å². The molecule has 0 heterocycles. The summed E-state index contributed by atoms with van der Waals surface area (Å²) in [5.74, 6) is 0. The monoisotopic (exact) mass is 218 g/mol. The summed E-state index contributed by atoms with van der Waals surface area (Å²) in [5, 5.41) is -1.65. The maximum atomic E-state index is 9.66. The zero-order chi connectivity index (χ0) is 7.71.